The highest BCUT2D eigenvalue weighted by atomic mass is 32.1. The lowest BCUT2D eigenvalue weighted by atomic mass is 10.2. The molecule has 1 atom stereocenters. The Morgan fingerprint density at radius 1 is 1.37 bits per heavy atom. The van der Waals surface area contributed by atoms with E-state index in [1.165, 1.54) is 0 Å². The van der Waals surface area contributed by atoms with Crippen molar-refractivity contribution in [3.8, 4) is 0 Å². The summed E-state index contributed by atoms with van der Waals surface area (Å²) in [4.78, 5) is 11.9. The Kier molecular flexibility index (Phi) is 4.65. The van der Waals surface area contributed by atoms with E-state index in [1.807, 2.05) is 31.2 Å². The topological polar surface area (TPSA) is 50.4 Å². The number of rotatable bonds is 2. The van der Waals surface area contributed by atoms with Crippen LogP contribution in [0.3, 0.4) is 0 Å². The summed E-state index contributed by atoms with van der Waals surface area (Å²) < 4.78 is 5.39. The summed E-state index contributed by atoms with van der Waals surface area (Å²) in [6.45, 7) is 2.63. The lowest BCUT2D eigenvalue weighted by Gasteiger charge is -2.20. The lowest BCUT2D eigenvalue weighted by molar-refractivity contribution is 0.0880. The minimum atomic E-state index is -0.209. The van der Waals surface area contributed by atoms with Crippen molar-refractivity contribution in [2.45, 2.75) is 19.4 Å². The Labute approximate surface area is 117 Å². The number of amides is 1. The van der Waals surface area contributed by atoms with Crippen molar-refractivity contribution in [1.82, 2.24) is 10.6 Å². The number of benzene rings is 1. The molecule has 1 aromatic rings. The third-order valence-electron chi connectivity index (χ3n) is 2.73. The Bertz CT molecular complexity index is 499. The molecule has 1 unspecified atom stereocenters. The van der Waals surface area contributed by atoms with Crippen LogP contribution in [0.4, 0.5) is 0 Å². The van der Waals surface area contributed by atoms with E-state index in [0.717, 1.165) is 12.1 Å². The van der Waals surface area contributed by atoms with Crippen molar-refractivity contribution in [3.63, 3.8) is 0 Å². The number of thiocarbonyl (C=S) groups is 1. The van der Waals surface area contributed by atoms with Crippen molar-refractivity contribution >= 4 is 23.2 Å². The van der Waals surface area contributed by atoms with Gasteiger partial charge in [0, 0.05) is 17.7 Å². The first kappa shape index (κ1) is 13.7. The second-order valence-corrected chi connectivity index (χ2v) is 4.70. The van der Waals surface area contributed by atoms with Gasteiger partial charge in [0.25, 0.3) is 5.91 Å². The first-order valence-electron chi connectivity index (χ1n) is 6.15. The maximum atomic E-state index is 11.9. The van der Waals surface area contributed by atoms with Gasteiger partial charge in [-0.2, -0.15) is 0 Å². The molecule has 1 heterocycles. The number of ether oxygens (including phenoxy) is 1. The van der Waals surface area contributed by atoms with Crippen molar-refractivity contribution in [2.24, 2.45) is 0 Å². The van der Waals surface area contributed by atoms with Gasteiger partial charge < -0.3 is 10.1 Å². The van der Waals surface area contributed by atoms with Gasteiger partial charge in [0.2, 0.25) is 0 Å². The van der Waals surface area contributed by atoms with Gasteiger partial charge in [-0.05, 0) is 37.4 Å². The fraction of sp³-hybridized carbons (Fsp3) is 0.286. The highest BCUT2D eigenvalue weighted by Gasteiger charge is 2.12. The van der Waals surface area contributed by atoms with E-state index in [-0.39, 0.29) is 12.0 Å². The van der Waals surface area contributed by atoms with Crippen LogP contribution in [0.5, 0.6) is 0 Å². The maximum Gasteiger partial charge on any atom is 0.257 e. The van der Waals surface area contributed by atoms with E-state index in [0.29, 0.717) is 17.3 Å². The number of hydrogen-bond acceptors (Lipinski definition) is 3. The zero-order chi connectivity index (χ0) is 13.7. The van der Waals surface area contributed by atoms with Crippen LogP contribution in [-0.2, 0) is 4.74 Å². The smallest absolute Gasteiger partial charge is 0.257 e. The molecular weight excluding hydrogens is 260 g/mol. The number of nitrogens with one attached hydrogen (secondary N) is 2. The third-order valence-corrected chi connectivity index (χ3v) is 2.93. The Morgan fingerprint density at radius 3 is 2.79 bits per heavy atom. The summed E-state index contributed by atoms with van der Waals surface area (Å²) in [6.07, 6.45) is 2.81. The van der Waals surface area contributed by atoms with Crippen LogP contribution in [0.25, 0.3) is 0 Å². The predicted octanol–water partition coefficient (Wildman–Crippen LogP) is 1.98. The van der Waals surface area contributed by atoms with E-state index < -0.39 is 0 Å². The van der Waals surface area contributed by atoms with Crippen LogP contribution in [-0.4, -0.2) is 23.7 Å². The van der Waals surface area contributed by atoms with Gasteiger partial charge in [0.1, 0.15) is 0 Å². The summed E-state index contributed by atoms with van der Waals surface area (Å²) in [6, 6.07) is 8.98. The molecule has 2 rings (SSSR count). The highest BCUT2D eigenvalue weighted by Crippen LogP contribution is 2.09. The van der Waals surface area contributed by atoms with E-state index in [1.54, 1.807) is 12.1 Å². The molecule has 4 nitrogen and oxygen atoms in total. The van der Waals surface area contributed by atoms with Crippen molar-refractivity contribution in [1.29, 1.82) is 0 Å². The molecule has 1 aromatic carbocycles. The van der Waals surface area contributed by atoms with E-state index in [2.05, 4.69) is 10.6 Å². The number of carbonyl (C=O) groups excluding carboxylic acids is 1. The van der Waals surface area contributed by atoms with Crippen molar-refractivity contribution in [2.75, 3.05) is 6.61 Å². The van der Waals surface area contributed by atoms with Crippen molar-refractivity contribution < 1.29 is 9.53 Å². The molecule has 0 bridgehead atoms. The number of hydrogen-bond donors (Lipinski definition) is 2. The molecule has 0 spiro atoms. The van der Waals surface area contributed by atoms with Crippen molar-refractivity contribution in [3.05, 3.63) is 47.7 Å². The molecule has 0 fully saturated rings. The molecule has 0 saturated carbocycles. The molecule has 1 aliphatic rings. The summed E-state index contributed by atoms with van der Waals surface area (Å²) in [7, 11) is 0. The minimum absolute atomic E-state index is 0.0730. The first-order chi connectivity index (χ1) is 9.15. The van der Waals surface area contributed by atoms with Crippen LogP contribution < -0.4 is 10.6 Å². The zero-order valence-electron chi connectivity index (χ0n) is 10.7. The normalized spacial score (nSPS) is 18.4. The van der Waals surface area contributed by atoms with Gasteiger partial charge in [-0.1, -0.05) is 18.2 Å². The number of carbonyl (C=O) groups is 1. The average molecular weight is 276 g/mol. The van der Waals surface area contributed by atoms with Gasteiger partial charge in [0.05, 0.1) is 12.7 Å². The van der Waals surface area contributed by atoms with Crippen LogP contribution in [0.2, 0.25) is 0 Å². The molecular formula is C14H16N2O2S. The van der Waals surface area contributed by atoms with Gasteiger partial charge >= 0.3 is 0 Å². The molecule has 0 aliphatic carbocycles. The zero-order valence-corrected chi connectivity index (χ0v) is 11.5. The quantitative estimate of drug-likeness (QED) is 0.811. The Hall–Kier alpha value is -1.72. The van der Waals surface area contributed by atoms with E-state index >= 15 is 0 Å². The predicted molar refractivity (Wildman–Crippen MR) is 77.8 cm³/mol. The molecule has 100 valence electrons. The average Bonchev–Trinajstić information content (AvgIpc) is 2.39. The maximum absolute atomic E-state index is 11.9. The molecule has 5 heteroatoms. The molecule has 19 heavy (non-hydrogen) atoms. The SMILES string of the molecule is CC1C=C(NC(=S)NC(=O)c2ccccc2)CCO1. The van der Waals surface area contributed by atoms with Gasteiger partial charge in [0.15, 0.2) is 5.11 Å². The fourth-order valence-electron chi connectivity index (χ4n) is 1.82. The Balaban J connectivity index is 1.90. The van der Waals surface area contributed by atoms with Gasteiger partial charge in [-0.15, -0.1) is 0 Å². The highest BCUT2D eigenvalue weighted by molar-refractivity contribution is 7.80. The largest absolute Gasteiger partial charge is 0.374 e. The molecule has 2 N–H and O–H groups in total. The van der Waals surface area contributed by atoms with E-state index in [4.69, 9.17) is 17.0 Å². The van der Waals surface area contributed by atoms with Gasteiger partial charge in [-0.3, -0.25) is 10.1 Å². The molecule has 0 aromatic heterocycles. The van der Waals surface area contributed by atoms with Gasteiger partial charge in [-0.25, -0.2) is 0 Å². The minimum Gasteiger partial charge on any atom is -0.374 e. The summed E-state index contributed by atoms with van der Waals surface area (Å²) in [5.74, 6) is -0.209. The fourth-order valence-corrected chi connectivity index (χ4v) is 2.04. The summed E-state index contributed by atoms with van der Waals surface area (Å²) >= 11 is 5.13. The Morgan fingerprint density at radius 2 is 2.11 bits per heavy atom. The standard InChI is InChI=1S/C14H16N2O2S/c1-10-9-12(7-8-18-10)15-14(19)16-13(17)11-5-3-2-4-6-11/h2-6,9-10H,7-8H2,1H3,(H2,15,16,17,19). The van der Waals surface area contributed by atoms with Crippen LogP contribution in [0.1, 0.15) is 23.7 Å². The lowest BCUT2D eigenvalue weighted by Crippen LogP contribution is -2.39. The van der Waals surface area contributed by atoms with Crippen LogP contribution in [0.15, 0.2) is 42.1 Å². The summed E-state index contributed by atoms with van der Waals surface area (Å²) in [5.41, 5.74) is 1.57. The van der Waals surface area contributed by atoms with E-state index in [9.17, 15) is 4.79 Å². The molecule has 0 radical (unpaired) electrons. The monoisotopic (exact) mass is 276 g/mol. The third kappa shape index (κ3) is 4.15. The first-order valence-corrected chi connectivity index (χ1v) is 6.55. The second kappa shape index (κ2) is 6.45. The van der Waals surface area contributed by atoms with Crippen LogP contribution >= 0.6 is 12.2 Å². The van der Waals surface area contributed by atoms with Crippen LogP contribution in [0, 0.1) is 0 Å². The molecule has 0 saturated heterocycles. The molecule has 1 amide bonds. The molecule has 1 aliphatic heterocycles. The summed E-state index contributed by atoms with van der Waals surface area (Å²) in [5, 5.41) is 6.00. The second-order valence-electron chi connectivity index (χ2n) is 4.29.